The summed E-state index contributed by atoms with van der Waals surface area (Å²) >= 11 is 0. The molecule has 0 bridgehead atoms. The van der Waals surface area contributed by atoms with Crippen molar-refractivity contribution in [3.63, 3.8) is 0 Å². The summed E-state index contributed by atoms with van der Waals surface area (Å²) in [6.45, 7) is -0.239. The van der Waals surface area contributed by atoms with Crippen LogP contribution in [0.2, 0.25) is 0 Å². The molecule has 84 valence electrons. The summed E-state index contributed by atoms with van der Waals surface area (Å²) in [4.78, 5) is 0.0138. The summed E-state index contributed by atoms with van der Waals surface area (Å²) in [6, 6.07) is 4.55. The van der Waals surface area contributed by atoms with E-state index in [2.05, 4.69) is 0 Å². The van der Waals surface area contributed by atoms with Gasteiger partial charge in [-0.2, -0.15) is 4.31 Å². The Bertz CT molecular complexity index is 415. The molecule has 0 aromatic heterocycles. The molecule has 1 aromatic rings. The fourth-order valence-electron chi connectivity index (χ4n) is 1.05. The highest BCUT2D eigenvalue weighted by atomic mass is 32.2. The van der Waals surface area contributed by atoms with Crippen LogP contribution in [0.4, 0.5) is 4.39 Å². The zero-order valence-electron chi connectivity index (χ0n) is 8.22. The number of rotatable bonds is 4. The molecule has 0 radical (unpaired) electrons. The van der Waals surface area contributed by atoms with Crippen molar-refractivity contribution >= 4 is 10.0 Å². The van der Waals surface area contributed by atoms with Crippen molar-refractivity contribution in [3.8, 4) is 0 Å². The van der Waals surface area contributed by atoms with Gasteiger partial charge in [0.05, 0.1) is 11.5 Å². The fourth-order valence-corrected chi connectivity index (χ4v) is 2.21. The van der Waals surface area contributed by atoms with E-state index in [0.29, 0.717) is 0 Å². The highest BCUT2D eigenvalue weighted by molar-refractivity contribution is 7.89. The third-order valence-electron chi connectivity index (χ3n) is 1.94. The van der Waals surface area contributed by atoms with Crippen LogP contribution in [-0.2, 0) is 10.0 Å². The Balaban J connectivity index is 3.01. The molecule has 1 N–H and O–H groups in total. The molecule has 6 heteroatoms. The number of hydrogen-bond acceptors (Lipinski definition) is 3. The normalized spacial score (nSPS) is 12.0. The van der Waals surface area contributed by atoms with Gasteiger partial charge in [-0.3, -0.25) is 0 Å². The first-order valence-electron chi connectivity index (χ1n) is 4.31. The second-order valence-corrected chi connectivity index (χ2v) is 5.05. The predicted molar refractivity (Wildman–Crippen MR) is 53.3 cm³/mol. The van der Waals surface area contributed by atoms with Gasteiger partial charge in [0.15, 0.2) is 0 Å². The van der Waals surface area contributed by atoms with Gasteiger partial charge in [0.1, 0.15) is 5.82 Å². The van der Waals surface area contributed by atoms with E-state index in [-0.39, 0.29) is 18.0 Å². The van der Waals surface area contributed by atoms with Crippen LogP contribution >= 0.6 is 0 Å². The summed E-state index contributed by atoms with van der Waals surface area (Å²) in [7, 11) is -2.26. The van der Waals surface area contributed by atoms with Crippen LogP contribution in [0.5, 0.6) is 0 Å². The minimum absolute atomic E-state index is 0.0136. The highest BCUT2D eigenvalue weighted by Gasteiger charge is 2.19. The van der Waals surface area contributed by atoms with Crippen molar-refractivity contribution < 1.29 is 17.9 Å². The van der Waals surface area contributed by atoms with Crippen LogP contribution in [0.3, 0.4) is 0 Å². The minimum Gasteiger partial charge on any atom is -0.395 e. The van der Waals surface area contributed by atoms with Gasteiger partial charge >= 0.3 is 0 Å². The summed E-state index contributed by atoms with van der Waals surface area (Å²) in [5, 5.41) is 8.62. The second kappa shape index (κ2) is 4.69. The van der Waals surface area contributed by atoms with Crippen molar-refractivity contribution in [2.24, 2.45) is 0 Å². The first-order valence-corrected chi connectivity index (χ1v) is 5.75. The third kappa shape index (κ3) is 2.74. The van der Waals surface area contributed by atoms with E-state index in [1.807, 2.05) is 0 Å². The molecule has 15 heavy (non-hydrogen) atoms. The summed E-state index contributed by atoms with van der Waals surface area (Å²) in [5.41, 5.74) is 0. The number of nitrogens with zero attached hydrogens (tertiary/aromatic N) is 1. The molecule has 0 aliphatic carbocycles. The van der Waals surface area contributed by atoms with E-state index in [0.717, 1.165) is 16.4 Å². The monoisotopic (exact) mass is 233 g/mol. The summed E-state index contributed by atoms with van der Waals surface area (Å²) in [6.07, 6.45) is 0. The van der Waals surface area contributed by atoms with Gasteiger partial charge in [-0.1, -0.05) is 0 Å². The zero-order chi connectivity index (χ0) is 11.5. The molecule has 0 saturated carbocycles. The lowest BCUT2D eigenvalue weighted by Gasteiger charge is -2.15. The molecule has 1 rings (SSSR count). The Morgan fingerprint density at radius 1 is 1.33 bits per heavy atom. The van der Waals surface area contributed by atoms with Crippen molar-refractivity contribution in [2.75, 3.05) is 20.2 Å². The number of likely N-dealkylation sites (N-methyl/N-ethyl adjacent to an activating group) is 1. The lowest BCUT2D eigenvalue weighted by molar-refractivity contribution is 0.266. The molecule has 1 aromatic carbocycles. The molecule has 0 heterocycles. The lowest BCUT2D eigenvalue weighted by Crippen LogP contribution is -2.29. The van der Waals surface area contributed by atoms with Gasteiger partial charge < -0.3 is 5.11 Å². The fraction of sp³-hybridized carbons (Fsp3) is 0.333. The summed E-state index contributed by atoms with van der Waals surface area (Å²) < 4.78 is 37.0. The van der Waals surface area contributed by atoms with Gasteiger partial charge in [-0.15, -0.1) is 0 Å². The molecule has 0 saturated heterocycles. The molecule has 0 aliphatic rings. The standard InChI is InChI=1S/C9H12FNO3S/c1-11(6-7-12)15(13,14)9-4-2-8(10)3-5-9/h2-5,12H,6-7H2,1H3. The molecule has 0 unspecified atom stereocenters. The predicted octanol–water partition coefficient (Wildman–Crippen LogP) is 0.438. The molecular weight excluding hydrogens is 221 g/mol. The Morgan fingerprint density at radius 2 is 1.87 bits per heavy atom. The van der Waals surface area contributed by atoms with Gasteiger partial charge in [-0.25, -0.2) is 12.8 Å². The van der Waals surface area contributed by atoms with E-state index < -0.39 is 15.8 Å². The molecular formula is C9H12FNO3S. The van der Waals surface area contributed by atoms with Gasteiger partial charge in [0, 0.05) is 13.6 Å². The molecule has 0 aliphatic heterocycles. The lowest BCUT2D eigenvalue weighted by atomic mass is 10.4. The van der Waals surface area contributed by atoms with E-state index in [1.165, 1.54) is 19.2 Å². The summed E-state index contributed by atoms with van der Waals surface area (Å²) in [5.74, 6) is -0.487. The molecule has 4 nitrogen and oxygen atoms in total. The highest BCUT2D eigenvalue weighted by Crippen LogP contribution is 2.14. The van der Waals surface area contributed by atoms with Crippen LogP contribution in [-0.4, -0.2) is 38.0 Å². The van der Waals surface area contributed by atoms with E-state index in [9.17, 15) is 12.8 Å². The molecule has 0 fully saturated rings. The maximum Gasteiger partial charge on any atom is 0.242 e. The van der Waals surface area contributed by atoms with E-state index >= 15 is 0 Å². The Hall–Kier alpha value is -0.980. The molecule has 0 spiro atoms. The first-order chi connectivity index (χ1) is 6.98. The Morgan fingerprint density at radius 3 is 2.33 bits per heavy atom. The van der Waals surface area contributed by atoms with Gasteiger partial charge in [0.2, 0.25) is 10.0 Å². The maximum atomic E-state index is 12.6. The van der Waals surface area contributed by atoms with Crippen LogP contribution in [0.25, 0.3) is 0 Å². The second-order valence-electron chi connectivity index (χ2n) is 3.00. The van der Waals surface area contributed by atoms with Crippen molar-refractivity contribution in [1.29, 1.82) is 0 Å². The minimum atomic E-state index is -3.61. The SMILES string of the molecule is CN(CCO)S(=O)(=O)c1ccc(F)cc1. The van der Waals surface area contributed by atoms with Crippen molar-refractivity contribution in [1.82, 2.24) is 4.31 Å². The quantitative estimate of drug-likeness (QED) is 0.821. The zero-order valence-corrected chi connectivity index (χ0v) is 9.04. The number of aliphatic hydroxyl groups is 1. The van der Waals surface area contributed by atoms with Gasteiger partial charge in [-0.05, 0) is 24.3 Å². The van der Waals surface area contributed by atoms with Crippen molar-refractivity contribution in [2.45, 2.75) is 4.90 Å². The van der Waals surface area contributed by atoms with Crippen LogP contribution in [0.15, 0.2) is 29.2 Å². The number of benzene rings is 1. The Labute approximate surface area is 88.0 Å². The number of aliphatic hydroxyl groups excluding tert-OH is 1. The third-order valence-corrected chi connectivity index (χ3v) is 3.81. The van der Waals surface area contributed by atoms with Crippen LogP contribution in [0.1, 0.15) is 0 Å². The Kier molecular flexibility index (Phi) is 3.78. The average Bonchev–Trinajstić information content (AvgIpc) is 2.18. The van der Waals surface area contributed by atoms with Crippen LogP contribution in [0, 0.1) is 5.82 Å². The number of halogens is 1. The van der Waals surface area contributed by atoms with E-state index in [1.54, 1.807) is 0 Å². The van der Waals surface area contributed by atoms with Crippen LogP contribution < -0.4 is 0 Å². The molecule has 0 atom stereocenters. The number of hydrogen-bond donors (Lipinski definition) is 1. The van der Waals surface area contributed by atoms with Crippen molar-refractivity contribution in [3.05, 3.63) is 30.1 Å². The molecule has 0 amide bonds. The average molecular weight is 233 g/mol. The topological polar surface area (TPSA) is 57.6 Å². The first kappa shape index (κ1) is 12.1. The largest absolute Gasteiger partial charge is 0.395 e. The van der Waals surface area contributed by atoms with Gasteiger partial charge in [0.25, 0.3) is 0 Å². The maximum absolute atomic E-state index is 12.6. The number of sulfonamides is 1. The smallest absolute Gasteiger partial charge is 0.242 e. The van der Waals surface area contributed by atoms with E-state index in [4.69, 9.17) is 5.11 Å².